The van der Waals surface area contributed by atoms with Gasteiger partial charge in [0.25, 0.3) is 0 Å². The number of nitrogens with zero attached hydrogens (tertiary/aromatic N) is 2. The van der Waals surface area contributed by atoms with Gasteiger partial charge < -0.3 is 16.4 Å². The third kappa shape index (κ3) is 3.60. The highest BCUT2D eigenvalue weighted by Crippen LogP contribution is 2.42. The predicted octanol–water partition coefficient (Wildman–Crippen LogP) is 3.42. The van der Waals surface area contributed by atoms with Crippen LogP contribution in [0, 0.1) is 6.92 Å². The van der Waals surface area contributed by atoms with Gasteiger partial charge in [-0.2, -0.15) is 5.10 Å². The summed E-state index contributed by atoms with van der Waals surface area (Å²) in [6.07, 6.45) is 0.845. The number of nitrogens with one attached hydrogen (secondary N) is 1. The highest BCUT2D eigenvalue weighted by atomic mass is 32.2. The van der Waals surface area contributed by atoms with Crippen molar-refractivity contribution >= 4 is 27.6 Å². The molecule has 0 amide bonds. The molecule has 1 aromatic heterocycles. The minimum Gasteiger partial charge on any atom is -0.348 e. The monoisotopic (exact) mass is 379 g/mol. The molecule has 3 aromatic rings. The number of benzene rings is 2. The van der Waals surface area contributed by atoms with Gasteiger partial charge >= 0.3 is 0 Å². The summed E-state index contributed by atoms with van der Waals surface area (Å²) in [5, 5.41) is 8.51. The van der Waals surface area contributed by atoms with Gasteiger partial charge in [-0.15, -0.1) is 0 Å². The van der Waals surface area contributed by atoms with Crippen LogP contribution < -0.4 is 11.5 Å². The number of nitrogens with two attached hydrogens (primary N) is 2. The molecular weight excluding hydrogens is 354 g/mol. The summed E-state index contributed by atoms with van der Waals surface area (Å²) in [4.78, 5) is 3.44. The van der Waals surface area contributed by atoms with E-state index in [1.807, 2.05) is 13.0 Å². The van der Waals surface area contributed by atoms with E-state index in [1.165, 1.54) is 21.7 Å². The van der Waals surface area contributed by atoms with E-state index < -0.39 is 0 Å². The average Bonchev–Trinajstić information content (AvgIpc) is 3.17. The second kappa shape index (κ2) is 7.38. The highest BCUT2D eigenvalue weighted by Gasteiger charge is 2.29. The molecule has 0 fully saturated rings. The smallest absolute Gasteiger partial charge is 0.130 e. The predicted molar refractivity (Wildman–Crippen MR) is 114 cm³/mol. The molecule has 5 N–H and O–H groups in total. The standard InChI is InChI=1S/C21H25N5S/c1-13-18-11-16(8-9-19(18)25-24-13)20-14(2)26(21(23)27-20)12-17(22)10-15-6-4-3-5-7-15/h3-9,11,17,21H,10,12,22-23H2,1-2H3,(H,24,25)/t17-,21?/m1/s1. The fourth-order valence-electron chi connectivity index (χ4n) is 3.63. The first kappa shape index (κ1) is 18.1. The van der Waals surface area contributed by atoms with E-state index in [0.29, 0.717) is 0 Å². The van der Waals surface area contributed by atoms with Crippen LogP contribution in [0.5, 0.6) is 0 Å². The van der Waals surface area contributed by atoms with Crippen molar-refractivity contribution in [3.8, 4) is 0 Å². The van der Waals surface area contributed by atoms with Crippen LogP contribution in [0.1, 0.15) is 23.7 Å². The Hall–Kier alpha value is -2.28. The fourth-order valence-corrected chi connectivity index (χ4v) is 4.79. The number of hydrogen-bond donors (Lipinski definition) is 3. The molecule has 1 aliphatic heterocycles. The molecule has 2 atom stereocenters. The lowest BCUT2D eigenvalue weighted by Gasteiger charge is -2.27. The van der Waals surface area contributed by atoms with Crippen LogP contribution in [0.4, 0.5) is 0 Å². The SMILES string of the molecule is CC1=C(c2ccc3[nH]nc(C)c3c2)SC(N)N1C[C@H](N)Cc1ccccc1. The van der Waals surface area contributed by atoms with Gasteiger partial charge in [0.05, 0.1) is 11.2 Å². The Morgan fingerprint density at radius 1 is 1.19 bits per heavy atom. The number of aromatic amines is 1. The number of aromatic nitrogens is 2. The Morgan fingerprint density at radius 2 is 1.96 bits per heavy atom. The van der Waals surface area contributed by atoms with Crippen molar-refractivity contribution in [3.05, 3.63) is 71.0 Å². The number of fused-ring (bicyclic) bond motifs is 1. The molecule has 0 saturated carbocycles. The Kier molecular flexibility index (Phi) is 4.95. The summed E-state index contributed by atoms with van der Waals surface area (Å²) >= 11 is 1.70. The van der Waals surface area contributed by atoms with Gasteiger partial charge in [-0.05, 0) is 43.5 Å². The van der Waals surface area contributed by atoms with Crippen molar-refractivity contribution < 1.29 is 0 Å². The topological polar surface area (TPSA) is 84.0 Å². The zero-order valence-electron chi connectivity index (χ0n) is 15.6. The molecule has 0 spiro atoms. The first-order chi connectivity index (χ1) is 13.0. The largest absolute Gasteiger partial charge is 0.348 e. The maximum atomic E-state index is 6.43. The molecule has 2 aromatic carbocycles. The Morgan fingerprint density at radius 3 is 2.74 bits per heavy atom. The van der Waals surface area contributed by atoms with Gasteiger partial charge in [-0.25, -0.2) is 0 Å². The van der Waals surface area contributed by atoms with Crippen molar-refractivity contribution in [1.29, 1.82) is 0 Å². The Balaban J connectivity index is 1.55. The third-order valence-electron chi connectivity index (χ3n) is 5.09. The Labute approximate surface area is 163 Å². The van der Waals surface area contributed by atoms with E-state index in [2.05, 4.69) is 64.5 Å². The lowest BCUT2D eigenvalue weighted by atomic mass is 10.1. The summed E-state index contributed by atoms with van der Waals surface area (Å²) < 4.78 is 0. The van der Waals surface area contributed by atoms with E-state index in [0.717, 1.165) is 29.6 Å². The molecule has 2 heterocycles. The minimum absolute atomic E-state index is 0.0342. The summed E-state index contributed by atoms with van der Waals surface area (Å²) in [7, 11) is 0. The van der Waals surface area contributed by atoms with Crippen molar-refractivity contribution in [2.24, 2.45) is 11.5 Å². The minimum atomic E-state index is -0.108. The van der Waals surface area contributed by atoms with Crippen molar-refractivity contribution in [2.45, 2.75) is 31.8 Å². The van der Waals surface area contributed by atoms with Crippen LogP contribution in [0.3, 0.4) is 0 Å². The molecule has 1 aliphatic rings. The third-order valence-corrected chi connectivity index (χ3v) is 6.36. The zero-order valence-corrected chi connectivity index (χ0v) is 16.5. The van der Waals surface area contributed by atoms with E-state index >= 15 is 0 Å². The highest BCUT2D eigenvalue weighted by molar-refractivity contribution is 8.09. The van der Waals surface area contributed by atoms with Crippen LogP contribution in [0.15, 0.2) is 54.2 Å². The van der Waals surface area contributed by atoms with Crippen molar-refractivity contribution in [3.63, 3.8) is 0 Å². The van der Waals surface area contributed by atoms with Gasteiger partial charge in [0.15, 0.2) is 0 Å². The normalized spacial score (nSPS) is 18.5. The van der Waals surface area contributed by atoms with Crippen LogP contribution in [-0.2, 0) is 6.42 Å². The summed E-state index contributed by atoms with van der Waals surface area (Å²) in [6.45, 7) is 4.90. The first-order valence-corrected chi connectivity index (χ1v) is 10.1. The number of H-pyrrole nitrogens is 1. The molecule has 1 unspecified atom stereocenters. The summed E-state index contributed by atoms with van der Waals surface area (Å²) in [5.74, 6) is 0. The fraction of sp³-hybridized carbons (Fsp3) is 0.286. The lowest BCUT2D eigenvalue weighted by molar-refractivity contribution is 0.313. The molecule has 0 radical (unpaired) electrons. The van der Waals surface area contributed by atoms with Crippen molar-refractivity contribution in [1.82, 2.24) is 15.1 Å². The van der Waals surface area contributed by atoms with Gasteiger partial charge in [-0.3, -0.25) is 5.10 Å². The van der Waals surface area contributed by atoms with E-state index in [9.17, 15) is 0 Å². The number of aryl methyl sites for hydroxylation is 1. The van der Waals surface area contributed by atoms with Crippen LogP contribution >= 0.6 is 11.8 Å². The molecule has 6 heteroatoms. The summed E-state index contributed by atoms with van der Waals surface area (Å²) in [5.41, 5.74) is 18.5. The first-order valence-electron chi connectivity index (χ1n) is 9.17. The maximum absolute atomic E-state index is 6.43. The molecule has 4 rings (SSSR count). The van der Waals surface area contributed by atoms with Gasteiger partial charge in [0, 0.05) is 28.6 Å². The number of thioether (sulfide) groups is 1. The second-order valence-corrected chi connectivity index (χ2v) is 8.22. The van der Waals surface area contributed by atoms with Crippen LogP contribution in [0.2, 0.25) is 0 Å². The molecule has 140 valence electrons. The van der Waals surface area contributed by atoms with Gasteiger partial charge in [0.2, 0.25) is 0 Å². The van der Waals surface area contributed by atoms with Crippen LogP contribution in [0.25, 0.3) is 15.8 Å². The number of rotatable bonds is 5. The lowest BCUT2D eigenvalue weighted by Crippen LogP contribution is -2.43. The quantitative estimate of drug-likeness (QED) is 0.633. The second-order valence-electron chi connectivity index (χ2n) is 7.09. The van der Waals surface area contributed by atoms with Gasteiger partial charge in [0.1, 0.15) is 5.50 Å². The molecule has 0 aliphatic carbocycles. The van der Waals surface area contributed by atoms with Gasteiger partial charge in [-0.1, -0.05) is 48.2 Å². The zero-order chi connectivity index (χ0) is 19.0. The molecule has 5 nitrogen and oxygen atoms in total. The number of allylic oxidation sites excluding steroid dienone is 1. The van der Waals surface area contributed by atoms with E-state index in [4.69, 9.17) is 11.5 Å². The molecular formula is C21H25N5S. The molecule has 27 heavy (non-hydrogen) atoms. The maximum Gasteiger partial charge on any atom is 0.130 e. The van der Waals surface area contributed by atoms with Crippen LogP contribution in [-0.4, -0.2) is 33.2 Å². The van der Waals surface area contributed by atoms with E-state index in [1.54, 1.807) is 11.8 Å². The van der Waals surface area contributed by atoms with Crippen molar-refractivity contribution in [2.75, 3.05) is 6.54 Å². The molecule has 0 bridgehead atoms. The number of hydrogen-bond acceptors (Lipinski definition) is 5. The Bertz CT molecular complexity index is 979. The molecule has 0 saturated heterocycles. The average molecular weight is 380 g/mol. The van der Waals surface area contributed by atoms with E-state index in [-0.39, 0.29) is 11.5 Å². The summed E-state index contributed by atoms with van der Waals surface area (Å²) in [6, 6.07) is 16.8.